The van der Waals surface area contributed by atoms with Crippen molar-refractivity contribution in [2.75, 3.05) is 20.3 Å². The van der Waals surface area contributed by atoms with E-state index in [9.17, 15) is 9.90 Å². The molecule has 0 spiro atoms. The minimum absolute atomic E-state index is 0.0406. The molecule has 1 saturated carbocycles. The summed E-state index contributed by atoms with van der Waals surface area (Å²) < 4.78 is 4.84. The van der Waals surface area contributed by atoms with Crippen molar-refractivity contribution >= 4 is 17.5 Å². The van der Waals surface area contributed by atoms with Gasteiger partial charge in [0.1, 0.15) is 0 Å². The molecule has 1 atom stereocenters. The van der Waals surface area contributed by atoms with E-state index in [4.69, 9.17) is 16.3 Å². The molecule has 0 aliphatic heterocycles. The van der Waals surface area contributed by atoms with Crippen LogP contribution >= 0.6 is 11.6 Å². The second kappa shape index (κ2) is 6.57. The molecule has 1 fully saturated rings. The number of carbonyl (C=O) groups excluding carboxylic acids is 1. The molecule has 20 heavy (non-hydrogen) atoms. The van der Waals surface area contributed by atoms with Crippen molar-refractivity contribution in [1.82, 2.24) is 5.32 Å². The number of nitrogens with one attached hydrogen (secondary N) is 1. The van der Waals surface area contributed by atoms with Gasteiger partial charge in [0.2, 0.25) is 5.91 Å². The average Bonchev–Trinajstić information content (AvgIpc) is 2.35. The van der Waals surface area contributed by atoms with Crippen molar-refractivity contribution in [1.29, 1.82) is 0 Å². The Morgan fingerprint density at radius 2 is 2.30 bits per heavy atom. The molecule has 0 radical (unpaired) electrons. The standard InChI is InChI=1S/C15H20ClNO3/c1-20-10-13(18)9-17-14(19)15(6-3-7-15)11-4-2-5-12(16)8-11/h2,4-5,8,13,18H,3,6-7,9-10H2,1H3,(H,17,19). The van der Waals surface area contributed by atoms with E-state index < -0.39 is 11.5 Å². The lowest BCUT2D eigenvalue weighted by molar-refractivity contribution is -0.130. The van der Waals surface area contributed by atoms with E-state index in [1.54, 1.807) is 6.07 Å². The Bertz CT molecular complexity index is 474. The monoisotopic (exact) mass is 297 g/mol. The molecule has 110 valence electrons. The third-order valence-electron chi connectivity index (χ3n) is 3.88. The van der Waals surface area contributed by atoms with E-state index >= 15 is 0 Å². The van der Waals surface area contributed by atoms with Gasteiger partial charge in [0.25, 0.3) is 0 Å². The fourth-order valence-electron chi connectivity index (χ4n) is 2.59. The summed E-state index contributed by atoms with van der Waals surface area (Å²) in [5.41, 5.74) is 0.465. The quantitative estimate of drug-likeness (QED) is 0.843. The molecule has 5 heteroatoms. The van der Waals surface area contributed by atoms with E-state index in [0.717, 1.165) is 24.8 Å². The molecule has 0 saturated heterocycles. The molecule has 1 aromatic rings. The van der Waals surface area contributed by atoms with E-state index in [-0.39, 0.29) is 19.1 Å². The third kappa shape index (κ3) is 3.14. The molecular formula is C15H20ClNO3. The summed E-state index contributed by atoms with van der Waals surface area (Å²) in [5, 5.41) is 13.1. The normalized spacial score (nSPS) is 18.1. The van der Waals surface area contributed by atoms with Gasteiger partial charge in [-0.3, -0.25) is 4.79 Å². The molecule has 1 aromatic carbocycles. The summed E-state index contributed by atoms with van der Waals surface area (Å²) >= 11 is 6.02. The zero-order chi connectivity index (χ0) is 14.6. The zero-order valence-electron chi connectivity index (χ0n) is 11.6. The molecule has 0 bridgehead atoms. The first-order valence-corrected chi connectivity index (χ1v) is 7.17. The Labute approximate surface area is 124 Å². The fourth-order valence-corrected chi connectivity index (χ4v) is 2.78. The SMILES string of the molecule is COCC(O)CNC(=O)C1(c2cccc(Cl)c2)CCC1. The van der Waals surface area contributed by atoms with Gasteiger partial charge in [0.05, 0.1) is 18.1 Å². The highest BCUT2D eigenvalue weighted by Crippen LogP contribution is 2.44. The highest BCUT2D eigenvalue weighted by Gasteiger charge is 2.45. The maximum Gasteiger partial charge on any atom is 0.230 e. The lowest BCUT2D eigenvalue weighted by Gasteiger charge is -2.41. The van der Waals surface area contributed by atoms with Gasteiger partial charge in [-0.05, 0) is 30.5 Å². The molecule has 0 heterocycles. The van der Waals surface area contributed by atoms with Gasteiger partial charge in [-0.15, -0.1) is 0 Å². The van der Waals surface area contributed by atoms with E-state index in [2.05, 4.69) is 5.32 Å². The second-order valence-corrected chi connectivity index (χ2v) is 5.70. The summed E-state index contributed by atoms with van der Waals surface area (Å²) in [6, 6.07) is 7.46. The molecular weight excluding hydrogens is 278 g/mol. The van der Waals surface area contributed by atoms with Crippen molar-refractivity contribution < 1.29 is 14.6 Å². The number of ether oxygens (including phenoxy) is 1. The Morgan fingerprint density at radius 1 is 1.55 bits per heavy atom. The van der Waals surface area contributed by atoms with Gasteiger partial charge in [-0.1, -0.05) is 30.2 Å². The predicted molar refractivity (Wildman–Crippen MR) is 77.9 cm³/mol. The number of aliphatic hydroxyl groups is 1. The molecule has 1 unspecified atom stereocenters. The van der Waals surface area contributed by atoms with Crippen molar-refractivity contribution in [2.45, 2.75) is 30.8 Å². The van der Waals surface area contributed by atoms with E-state index in [0.29, 0.717) is 5.02 Å². The minimum atomic E-state index is -0.680. The zero-order valence-corrected chi connectivity index (χ0v) is 12.3. The largest absolute Gasteiger partial charge is 0.389 e. The summed E-state index contributed by atoms with van der Waals surface area (Å²) in [4.78, 5) is 12.5. The molecule has 2 rings (SSSR count). The maximum atomic E-state index is 12.5. The number of aliphatic hydroxyl groups excluding tert-OH is 1. The first-order chi connectivity index (χ1) is 9.58. The van der Waals surface area contributed by atoms with Crippen LogP contribution in [0.3, 0.4) is 0 Å². The highest BCUT2D eigenvalue weighted by atomic mass is 35.5. The first-order valence-electron chi connectivity index (χ1n) is 6.80. The Kier molecular flexibility index (Phi) is 5.02. The van der Waals surface area contributed by atoms with Gasteiger partial charge >= 0.3 is 0 Å². The van der Waals surface area contributed by atoms with Gasteiger partial charge in [-0.2, -0.15) is 0 Å². The van der Waals surface area contributed by atoms with Gasteiger partial charge in [0.15, 0.2) is 0 Å². The van der Waals surface area contributed by atoms with Crippen LogP contribution in [0.15, 0.2) is 24.3 Å². The summed E-state index contributed by atoms with van der Waals surface area (Å²) in [5.74, 6) is -0.0406. The smallest absolute Gasteiger partial charge is 0.230 e. The van der Waals surface area contributed by atoms with Crippen LogP contribution in [0.5, 0.6) is 0 Å². The van der Waals surface area contributed by atoms with E-state index in [1.165, 1.54) is 7.11 Å². The van der Waals surface area contributed by atoms with E-state index in [1.807, 2.05) is 18.2 Å². The number of benzene rings is 1. The van der Waals surface area contributed by atoms with Crippen LogP contribution in [0, 0.1) is 0 Å². The molecule has 1 aliphatic carbocycles. The van der Waals surface area contributed by atoms with Crippen molar-refractivity contribution in [3.63, 3.8) is 0 Å². The van der Waals surface area contributed by atoms with Crippen LogP contribution in [-0.2, 0) is 14.9 Å². The maximum absolute atomic E-state index is 12.5. The average molecular weight is 298 g/mol. The predicted octanol–water partition coefficient (Wildman–Crippen LogP) is 1.89. The van der Waals surface area contributed by atoms with Gasteiger partial charge in [0, 0.05) is 18.7 Å². The van der Waals surface area contributed by atoms with Crippen LogP contribution in [-0.4, -0.2) is 37.4 Å². The van der Waals surface area contributed by atoms with Crippen LogP contribution < -0.4 is 5.32 Å². The van der Waals surface area contributed by atoms with Crippen LogP contribution in [0.2, 0.25) is 5.02 Å². The number of hydrogen-bond donors (Lipinski definition) is 2. The number of halogens is 1. The lowest BCUT2D eigenvalue weighted by Crippen LogP contribution is -2.51. The number of amides is 1. The van der Waals surface area contributed by atoms with Crippen molar-refractivity contribution in [3.8, 4) is 0 Å². The minimum Gasteiger partial charge on any atom is -0.389 e. The second-order valence-electron chi connectivity index (χ2n) is 5.27. The number of hydrogen-bond acceptors (Lipinski definition) is 3. The van der Waals surface area contributed by atoms with Crippen LogP contribution in [0.1, 0.15) is 24.8 Å². The number of methoxy groups -OCH3 is 1. The van der Waals surface area contributed by atoms with Gasteiger partial charge in [-0.25, -0.2) is 0 Å². The molecule has 0 aromatic heterocycles. The molecule has 1 aliphatic rings. The summed E-state index contributed by atoms with van der Waals surface area (Å²) in [6.45, 7) is 0.416. The Morgan fingerprint density at radius 3 is 2.85 bits per heavy atom. The summed E-state index contributed by atoms with van der Waals surface area (Å²) in [7, 11) is 1.52. The van der Waals surface area contributed by atoms with Crippen LogP contribution in [0.4, 0.5) is 0 Å². The Hall–Kier alpha value is -1.10. The Balaban J connectivity index is 2.05. The molecule has 2 N–H and O–H groups in total. The highest BCUT2D eigenvalue weighted by molar-refractivity contribution is 6.30. The topological polar surface area (TPSA) is 58.6 Å². The van der Waals surface area contributed by atoms with Gasteiger partial charge < -0.3 is 15.2 Å². The molecule has 4 nitrogen and oxygen atoms in total. The van der Waals surface area contributed by atoms with Crippen molar-refractivity contribution in [3.05, 3.63) is 34.9 Å². The number of rotatable bonds is 6. The van der Waals surface area contributed by atoms with Crippen LogP contribution in [0.25, 0.3) is 0 Å². The fraction of sp³-hybridized carbons (Fsp3) is 0.533. The first kappa shape index (κ1) is 15.3. The van der Waals surface area contributed by atoms with Crippen molar-refractivity contribution in [2.24, 2.45) is 0 Å². The third-order valence-corrected chi connectivity index (χ3v) is 4.11. The molecule has 1 amide bonds. The summed E-state index contributed by atoms with van der Waals surface area (Å²) in [6.07, 6.45) is 1.99. The lowest BCUT2D eigenvalue weighted by atomic mass is 9.64. The number of carbonyl (C=O) groups is 1.